The number of methoxy groups -OCH3 is 1. The van der Waals surface area contributed by atoms with Crippen molar-refractivity contribution < 1.29 is 23.0 Å². The van der Waals surface area contributed by atoms with Crippen LogP contribution >= 0.6 is 11.8 Å². The maximum atomic E-state index is 14.5. The highest BCUT2D eigenvalue weighted by Gasteiger charge is 2.49. The van der Waals surface area contributed by atoms with E-state index in [0.717, 1.165) is 23.4 Å². The van der Waals surface area contributed by atoms with Crippen molar-refractivity contribution in [3.63, 3.8) is 0 Å². The summed E-state index contributed by atoms with van der Waals surface area (Å²) in [5.74, 6) is -0.253. The van der Waals surface area contributed by atoms with Crippen LogP contribution < -0.4 is 4.74 Å². The van der Waals surface area contributed by atoms with E-state index in [1.807, 2.05) is 31.2 Å². The van der Waals surface area contributed by atoms with Gasteiger partial charge < -0.3 is 14.2 Å². The molecular formula is C21H22F2N2O3S. The van der Waals surface area contributed by atoms with Crippen LogP contribution in [0.2, 0.25) is 0 Å². The Labute approximate surface area is 172 Å². The summed E-state index contributed by atoms with van der Waals surface area (Å²) in [7, 11) is 1.62. The van der Waals surface area contributed by atoms with E-state index in [9.17, 15) is 8.78 Å². The summed E-state index contributed by atoms with van der Waals surface area (Å²) >= 11 is 1.40. The van der Waals surface area contributed by atoms with Crippen LogP contribution in [0.5, 0.6) is 5.75 Å². The first-order chi connectivity index (χ1) is 14.0. The number of hydrazone groups is 1. The summed E-state index contributed by atoms with van der Waals surface area (Å²) in [6.07, 6.45) is 0.564. The normalized spacial score (nSPS) is 21.7. The lowest BCUT2D eigenvalue weighted by molar-refractivity contribution is -0.0497. The number of para-hydroxylation sites is 1. The van der Waals surface area contributed by atoms with Gasteiger partial charge in [0.15, 0.2) is 0 Å². The van der Waals surface area contributed by atoms with Crippen LogP contribution in [0.15, 0.2) is 47.6 Å². The minimum Gasteiger partial charge on any atom is -0.493 e. The molecule has 2 aromatic carbocycles. The summed E-state index contributed by atoms with van der Waals surface area (Å²) in [6.45, 7) is 2.99. The van der Waals surface area contributed by atoms with Crippen molar-refractivity contribution in [3.8, 4) is 5.75 Å². The fourth-order valence-electron chi connectivity index (χ4n) is 3.42. The highest BCUT2D eigenvalue weighted by Crippen LogP contribution is 2.54. The van der Waals surface area contributed by atoms with Gasteiger partial charge in [0.05, 0.1) is 19.3 Å². The number of halogens is 2. The van der Waals surface area contributed by atoms with Crippen LogP contribution in [0.25, 0.3) is 0 Å². The number of fused-ring (bicyclic) bond motifs is 2. The average Bonchev–Trinajstić information content (AvgIpc) is 3.08. The highest BCUT2D eigenvalue weighted by atomic mass is 32.2. The predicted molar refractivity (Wildman–Crippen MR) is 108 cm³/mol. The van der Waals surface area contributed by atoms with E-state index in [1.165, 1.54) is 17.8 Å². The first-order valence-corrected chi connectivity index (χ1v) is 10.2. The largest absolute Gasteiger partial charge is 0.493 e. The number of ether oxygens (including phenoxy) is 3. The molecule has 2 aliphatic rings. The van der Waals surface area contributed by atoms with E-state index >= 15 is 0 Å². The Balaban J connectivity index is 1.70. The third kappa shape index (κ3) is 3.84. The van der Waals surface area contributed by atoms with Gasteiger partial charge in [0.1, 0.15) is 34.0 Å². The number of nitrogens with zero attached hydrogens (tertiary/aromatic N) is 2. The van der Waals surface area contributed by atoms with Crippen molar-refractivity contribution in [1.82, 2.24) is 5.01 Å². The van der Waals surface area contributed by atoms with Gasteiger partial charge in [0.2, 0.25) is 0 Å². The van der Waals surface area contributed by atoms with Gasteiger partial charge in [-0.3, -0.25) is 0 Å². The molecule has 154 valence electrons. The molecule has 1 unspecified atom stereocenters. The van der Waals surface area contributed by atoms with Crippen molar-refractivity contribution in [2.75, 3.05) is 27.1 Å². The molecule has 0 aromatic heterocycles. The van der Waals surface area contributed by atoms with E-state index in [1.54, 1.807) is 12.1 Å². The Morgan fingerprint density at radius 3 is 2.93 bits per heavy atom. The Bertz CT molecular complexity index is 927. The van der Waals surface area contributed by atoms with Gasteiger partial charge in [0, 0.05) is 24.7 Å². The summed E-state index contributed by atoms with van der Waals surface area (Å²) < 4.78 is 45.1. The lowest BCUT2D eigenvalue weighted by Gasteiger charge is -2.40. The monoisotopic (exact) mass is 420 g/mol. The fourth-order valence-corrected chi connectivity index (χ4v) is 4.81. The highest BCUT2D eigenvalue weighted by molar-refractivity contribution is 8.15. The lowest BCUT2D eigenvalue weighted by atomic mass is 9.99. The van der Waals surface area contributed by atoms with Gasteiger partial charge in [-0.05, 0) is 31.2 Å². The third-order valence-corrected chi connectivity index (χ3v) is 6.50. The van der Waals surface area contributed by atoms with E-state index in [0.29, 0.717) is 24.7 Å². The standard InChI is InChI=1S/C21H22F2N2O3S/c1-14(26-2)12-27-13-25-21(9-10-28-19-6-4-3-5-17(19)21)29-20(24-25)16-11-15(22)7-8-18(16)23/h3-8,11,14H,9-10,12-13H2,1-2H3/t14-,21?/m0/s1. The molecule has 0 saturated carbocycles. The summed E-state index contributed by atoms with van der Waals surface area (Å²) in [4.78, 5) is -0.612. The molecule has 0 N–H and O–H groups in total. The van der Waals surface area contributed by atoms with Crippen molar-refractivity contribution in [1.29, 1.82) is 0 Å². The second-order valence-electron chi connectivity index (χ2n) is 6.96. The Kier molecular flexibility index (Phi) is 5.76. The third-order valence-electron chi connectivity index (χ3n) is 5.03. The van der Waals surface area contributed by atoms with Gasteiger partial charge in [-0.1, -0.05) is 30.0 Å². The molecule has 0 amide bonds. The molecule has 0 radical (unpaired) electrons. The quantitative estimate of drug-likeness (QED) is 0.696. The summed E-state index contributed by atoms with van der Waals surface area (Å²) in [5.41, 5.74) is 1.08. The molecule has 0 saturated heterocycles. The molecule has 0 fully saturated rings. The molecule has 2 aliphatic heterocycles. The Morgan fingerprint density at radius 2 is 2.10 bits per heavy atom. The maximum absolute atomic E-state index is 14.5. The van der Waals surface area contributed by atoms with Crippen molar-refractivity contribution >= 4 is 16.8 Å². The minimum absolute atomic E-state index is 0.0627. The molecule has 1 spiro atoms. The second-order valence-corrected chi connectivity index (χ2v) is 8.22. The molecule has 2 heterocycles. The average molecular weight is 420 g/mol. The zero-order valence-electron chi connectivity index (χ0n) is 16.2. The van der Waals surface area contributed by atoms with Crippen LogP contribution in [-0.4, -0.2) is 43.2 Å². The van der Waals surface area contributed by atoms with Crippen molar-refractivity contribution in [2.24, 2.45) is 5.10 Å². The lowest BCUT2D eigenvalue weighted by Crippen LogP contribution is -2.42. The number of benzene rings is 2. The Morgan fingerprint density at radius 1 is 1.28 bits per heavy atom. The molecule has 2 aromatic rings. The van der Waals surface area contributed by atoms with Gasteiger partial charge in [-0.15, -0.1) is 0 Å². The number of hydrogen-bond donors (Lipinski definition) is 0. The van der Waals surface area contributed by atoms with Crippen LogP contribution in [0, 0.1) is 11.6 Å². The van der Waals surface area contributed by atoms with Crippen LogP contribution in [0.4, 0.5) is 8.78 Å². The molecule has 0 aliphatic carbocycles. The zero-order valence-corrected chi connectivity index (χ0v) is 17.0. The van der Waals surface area contributed by atoms with Crippen LogP contribution in [-0.2, 0) is 14.3 Å². The molecule has 0 bridgehead atoms. The first kappa shape index (κ1) is 20.1. The molecule has 8 heteroatoms. The van der Waals surface area contributed by atoms with E-state index < -0.39 is 16.5 Å². The zero-order chi connectivity index (χ0) is 20.4. The number of rotatable bonds is 6. The van der Waals surface area contributed by atoms with Gasteiger partial charge >= 0.3 is 0 Å². The maximum Gasteiger partial charge on any atom is 0.143 e. The summed E-state index contributed by atoms with van der Waals surface area (Å²) in [5, 5.41) is 6.87. The second kappa shape index (κ2) is 8.30. The van der Waals surface area contributed by atoms with Gasteiger partial charge in [-0.2, -0.15) is 5.10 Å². The fraction of sp³-hybridized carbons (Fsp3) is 0.381. The number of thioether (sulfide) groups is 1. The van der Waals surface area contributed by atoms with Crippen LogP contribution in [0.3, 0.4) is 0 Å². The predicted octanol–water partition coefficient (Wildman–Crippen LogP) is 4.32. The molecule has 2 atom stereocenters. The van der Waals surface area contributed by atoms with E-state index in [2.05, 4.69) is 5.10 Å². The van der Waals surface area contributed by atoms with E-state index in [4.69, 9.17) is 14.2 Å². The molecule has 4 rings (SSSR count). The first-order valence-electron chi connectivity index (χ1n) is 9.37. The molecule has 29 heavy (non-hydrogen) atoms. The van der Waals surface area contributed by atoms with E-state index in [-0.39, 0.29) is 18.4 Å². The van der Waals surface area contributed by atoms with Crippen molar-refractivity contribution in [2.45, 2.75) is 24.3 Å². The Hall–Kier alpha value is -2.16. The minimum atomic E-state index is -0.612. The topological polar surface area (TPSA) is 43.3 Å². The van der Waals surface area contributed by atoms with Crippen molar-refractivity contribution in [3.05, 3.63) is 65.2 Å². The van der Waals surface area contributed by atoms with Gasteiger partial charge in [0.25, 0.3) is 0 Å². The van der Waals surface area contributed by atoms with Crippen LogP contribution in [0.1, 0.15) is 24.5 Å². The molecule has 5 nitrogen and oxygen atoms in total. The number of hydrogen-bond acceptors (Lipinski definition) is 6. The van der Waals surface area contributed by atoms with Gasteiger partial charge in [-0.25, -0.2) is 13.8 Å². The smallest absolute Gasteiger partial charge is 0.143 e. The molecular weight excluding hydrogens is 398 g/mol. The summed E-state index contributed by atoms with van der Waals surface area (Å²) in [6, 6.07) is 11.1. The SMILES string of the molecule is CO[C@@H](C)COCN1N=C(c2cc(F)ccc2F)SC12CCOc1ccccc12.